The highest BCUT2D eigenvalue weighted by atomic mass is 16.5. The average molecular weight is 495 g/mol. The molecule has 4 heterocycles. The van der Waals surface area contributed by atoms with E-state index in [-0.39, 0.29) is 22.8 Å². The van der Waals surface area contributed by atoms with Crippen molar-refractivity contribution in [1.82, 2.24) is 9.88 Å². The number of carbonyl (C=O) groups is 1. The number of benzene rings is 1. The number of amides is 1. The lowest BCUT2D eigenvalue weighted by molar-refractivity contribution is -0.118. The summed E-state index contributed by atoms with van der Waals surface area (Å²) in [6.45, 7) is 11.7. The molecule has 1 amide bonds. The molecule has 8 heteroatoms. The molecule has 0 radical (unpaired) electrons. The SMILES string of the molecule is Cc1cc2cnc(NC(=O)[C@@H]3CC34CCOCC4)cc2cc1N1CCN([C@@]2(C)COC[C@H]2O)[C@@H](C)C1. The Bertz CT molecular complexity index is 1170. The summed E-state index contributed by atoms with van der Waals surface area (Å²) in [4.78, 5) is 22.3. The summed E-state index contributed by atoms with van der Waals surface area (Å²) < 4.78 is 11.1. The number of hydrogen-bond acceptors (Lipinski definition) is 7. The van der Waals surface area contributed by atoms with Gasteiger partial charge in [0.05, 0.1) is 24.9 Å². The van der Waals surface area contributed by atoms with Gasteiger partial charge in [-0.3, -0.25) is 9.69 Å². The number of pyridine rings is 1. The zero-order valence-corrected chi connectivity index (χ0v) is 21.6. The first-order chi connectivity index (χ1) is 17.3. The van der Waals surface area contributed by atoms with Gasteiger partial charge in [-0.15, -0.1) is 0 Å². The van der Waals surface area contributed by atoms with Crippen LogP contribution < -0.4 is 10.2 Å². The second kappa shape index (κ2) is 8.94. The third-order valence-electron chi connectivity index (χ3n) is 9.29. The number of aliphatic hydroxyl groups is 1. The van der Waals surface area contributed by atoms with Crippen LogP contribution in [0, 0.1) is 18.3 Å². The Morgan fingerprint density at radius 2 is 1.97 bits per heavy atom. The topological polar surface area (TPSA) is 87.2 Å². The van der Waals surface area contributed by atoms with E-state index in [1.807, 2.05) is 12.3 Å². The van der Waals surface area contributed by atoms with Gasteiger partial charge in [-0.1, -0.05) is 0 Å². The zero-order valence-electron chi connectivity index (χ0n) is 21.6. The van der Waals surface area contributed by atoms with E-state index >= 15 is 0 Å². The van der Waals surface area contributed by atoms with Crippen molar-refractivity contribution in [3.63, 3.8) is 0 Å². The van der Waals surface area contributed by atoms with Crippen LogP contribution in [0.5, 0.6) is 0 Å². The molecule has 6 rings (SSSR count). The van der Waals surface area contributed by atoms with Crippen molar-refractivity contribution in [1.29, 1.82) is 0 Å². The number of fused-ring (bicyclic) bond motifs is 1. The van der Waals surface area contributed by atoms with Crippen molar-refractivity contribution in [3.05, 3.63) is 30.0 Å². The van der Waals surface area contributed by atoms with Gasteiger partial charge in [0.25, 0.3) is 0 Å². The van der Waals surface area contributed by atoms with Crippen LogP contribution in [0.3, 0.4) is 0 Å². The molecule has 1 aromatic heterocycles. The Kier molecular flexibility index (Phi) is 5.98. The van der Waals surface area contributed by atoms with Gasteiger partial charge in [0.2, 0.25) is 5.91 Å². The van der Waals surface area contributed by atoms with E-state index in [4.69, 9.17) is 9.47 Å². The first kappa shape index (κ1) is 24.1. The highest BCUT2D eigenvalue weighted by molar-refractivity contribution is 5.97. The van der Waals surface area contributed by atoms with Crippen LogP contribution in [0.15, 0.2) is 24.4 Å². The molecular formula is C28H38N4O4. The Morgan fingerprint density at radius 3 is 2.69 bits per heavy atom. The van der Waals surface area contributed by atoms with Gasteiger partial charge >= 0.3 is 0 Å². The number of piperazine rings is 1. The first-order valence-electron chi connectivity index (χ1n) is 13.4. The number of aryl methyl sites for hydroxylation is 1. The van der Waals surface area contributed by atoms with E-state index in [1.165, 1.54) is 11.3 Å². The van der Waals surface area contributed by atoms with Crippen molar-refractivity contribution in [2.45, 2.75) is 57.7 Å². The molecule has 4 atom stereocenters. The van der Waals surface area contributed by atoms with Gasteiger partial charge in [0, 0.05) is 62.1 Å². The van der Waals surface area contributed by atoms with Crippen LogP contribution in [0.4, 0.5) is 11.5 Å². The molecule has 0 bridgehead atoms. The fourth-order valence-electron chi connectivity index (χ4n) is 6.83. The fraction of sp³-hybridized carbons (Fsp3) is 0.643. The molecular weight excluding hydrogens is 456 g/mol. The molecule has 36 heavy (non-hydrogen) atoms. The van der Waals surface area contributed by atoms with Crippen LogP contribution >= 0.6 is 0 Å². The highest BCUT2D eigenvalue weighted by Crippen LogP contribution is 2.59. The van der Waals surface area contributed by atoms with Gasteiger partial charge in [-0.05, 0) is 74.6 Å². The van der Waals surface area contributed by atoms with E-state index in [9.17, 15) is 9.90 Å². The van der Waals surface area contributed by atoms with Gasteiger partial charge in [-0.2, -0.15) is 0 Å². The summed E-state index contributed by atoms with van der Waals surface area (Å²) in [7, 11) is 0. The van der Waals surface area contributed by atoms with E-state index in [2.05, 4.69) is 53.0 Å². The molecule has 194 valence electrons. The number of nitrogens with one attached hydrogen (secondary N) is 1. The highest BCUT2D eigenvalue weighted by Gasteiger charge is 2.58. The van der Waals surface area contributed by atoms with Crippen LogP contribution in [-0.2, 0) is 14.3 Å². The van der Waals surface area contributed by atoms with Crippen molar-refractivity contribution < 1.29 is 19.4 Å². The lowest BCUT2D eigenvalue weighted by atomic mass is 9.92. The van der Waals surface area contributed by atoms with Gasteiger partial charge in [-0.25, -0.2) is 4.98 Å². The maximum absolute atomic E-state index is 12.9. The quantitative estimate of drug-likeness (QED) is 0.676. The summed E-state index contributed by atoms with van der Waals surface area (Å²) in [5, 5.41) is 15.8. The second-order valence-corrected chi connectivity index (χ2v) is 11.7. The molecule has 2 N–H and O–H groups in total. The van der Waals surface area contributed by atoms with Crippen LogP contribution in [0.1, 0.15) is 38.7 Å². The number of nitrogens with zero attached hydrogens (tertiary/aromatic N) is 3. The predicted molar refractivity (Wildman–Crippen MR) is 139 cm³/mol. The van der Waals surface area contributed by atoms with E-state index < -0.39 is 6.10 Å². The van der Waals surface area contributed by atoms with E-state index in [0.717, 1.165) is 62.9 Å². The zero-order chi connectivity index (χ0) is 25.1. The molecule has 3 aliphatic heterocycles. The minimum Gasteiger partial charge on any atom is -0.389 e. The molecule has 4 fully saturated rings. The maximum atomic E-state index is 12.9. The lowest BCUT2D eigenvalue weighted by Crippen LogP contribution is -2.64. The van der Waals surface area contributed by atoms with Gasteiger partial charge in [0.15, 0.2) is 0 Å². The molecule has 0 unspecified atom stereocenters. The minimum atomic E-state index is -0.452. The number of ether oxygens (including phenoxy) is 2. The molecule has 8 nitrogen and oxygen atoms in total. The average Bonchev–Trinajstić information content (AvgIpc) is 3.44. The second-order valence-electron chi connectivity index (χ2n) is 11.7. The maximum Gasteiger partial charge on any atom is 0.229 e. The largest absolute Gasteiger partial charge is 0.389 e. The molecule has 1 saturated carbocycles. The monoisotopic (exact) mass is 494 g/mol. The third kappa shape index (κ3) is 4.08. The Morgan fingerprint density at radius 1 is 1.17 bits per heavy atom. The molecule has 4 aliphatic rings. The van der Waals surface area contributed by atoms with E-state index in [1.54, 1.807) is 0 Å². The molecule has 1 aromatic carbocycles. The standard InChI is InChI=1S/C28H38N4O4/c1-18-10-21-14-29-25(30-26(34)22-13-28(22)4-8-35-9-5-28)12-20(21)11-23(18)31-6-7-32(19(2)15-31)27(3)17-36-16-24(27)33/h10-12,14,19,22,24,33H,4-9,13,15-17H2,1-3H3,(H,29,30,34)/t19-,22-,24+,27-/m0/s1. The summed E-state index contributed by atoms with van der Waals surface area (Å²) >= 11 is 0. The van der Waals surface area contributed by atoms with Gasteiger partial charge in [0.1, 0.15) is 5.82 Å². The summed E-state index contributed by atoms with van der Waals surface area (Å²) in [6.07, 6.45) is 4.34. The Balaban J connectivity index is 1.18. The number of hydrogen-bond donors (Lipinski definition) is 2. The van der Waals surface area contributed by atoms with Crippen LogP contribution in [0.2, 0.25) is 0 Å². The molecule has 2 aromatic rings. The predicted octanol–water partition coefficient (Wildman–Crippen LogP) is 2.96. The Hall–Kier alpha value is -2.26. The summed E-state index contributed by atoms with van der Waals surface area (Å²) in [5.41, 5.74) is 2.26. The van der Waals surface area contributed by atoms with Crippen LogP contribution in [-0.4, -0.2) is 84.6 Å². The molecule has 1 aliphatic carbocycles. The normalized spacial score (nSPS) is 32.2. The van der Waals surface area contributed by atoms with Crippen molar-refractivity contribution in [3.8, 4) is 0 Å². The Labute approximate surface area is 212 Å². The number of anilines is 2. The number of carbonyl (C=O) groups excluding carboxylic acids is 1. The van der Waals surface area contributed by atoms with Crippen molar-refractivity contribution in [2.24, 2.45) is 11.3 Å². The summed E-state index contributed by atoms with van der Waals surface area (Å²) in [6, 6.07) is 6.71. The van der Waals surface area contributed by atoms with Crippen molar-refractivity contribution >= 4 is 28.2 Å². The lowest BCUT2D eigenvalue weighted by Gasteiger charge is -2.49. The fourth-order valence-corrected chi connectivity index (χ4v) is 6.83. The van der Waals surface area contributed by atoms with E-state index in [0.29, 0.717) is 25.1 Å². The number of rotatable bonds is 4. The van der Waals surface area contributed by atoms with Crippen LogP contribution in [0.25, 0.3) is 10.8 Å². The third-order valence-corrected chi connectivity index (χ3v) is 9.29. The molecule has 1 spiro atoms. The van der Waals surface area contributed by atoms with Crippen molar-refractivity contribution in [2.75, 3.05) is 56.3 Å². The van der Waals surface area contributed by atoms with Gasteiger partial charge < -0.3 is 24.8 Å². The smallest absolute Gasteiger partial charge is 0.229 e. The molecule has 3 saturated heterocycles. The first-order valence-corrected chi connectivity index (χ1v) is 13.4. The minimum absolute atomic E-state index is 0.0795. The number of aromatic nitrogens is 1. The summed E-state index contributed by atoms with van der Waals surface area (Å²) in [5.74, 6) is 0.793. The number of aliphatic hydroxyl groups excluding tert-OH is 1.